The van der Waals surface area contributed by atoms with E-state index in [1.807, 2.05) is 209 Å². The maximum Gasteiger partial charge on any atom is 0.411 e. The zero-order chi connectivity index (χ0) is 103. The first kappa shape index (κ1) is 102. The molecule has 4 amide bonds. The van der Waals surface area contributed by atoms with E-state index in [2.05, 4.69) is 127 Å². The van der Waals surface area contributed by atoms with Gasteiger partial charge in [-0.1, -0.05) is 53.7 Å². The Hall–Kier alpha value is -17.2. The summed E-state index contributed by atoms with van der Waals surface area (Å²) in [6.45, 7) is 17.5. The molecule has 4 saturated carbocycles. The van der Waals surface area contributed by atoms with E-state index in [1.165, 1.54) is 32.0 Å². The Morgan fingerprint density at radius 2 is 0.723 bits per heavy atom. The number of nitrogens with zero attached hydrogens (tertiary/aromatic N) is 16. The lowest BCUT2D eigenvalue weighted by Crippen LogP contribution is -2.18. The highest BCUT2D eigenvalue weighted by Gasteiger charge is 2.34. The first-order valence-electron chi connectivity index (χ1n) is 50.8. The standard InChI is InChI=1S/2C29H31N5O3.C28H30N6O3.C27H29N7O3/c1-20(2)37-29(35)32-22-10-8-21(9-11-22)28-26(19-30)25-13-12-24(18-27(25)34(28)23-6-3-7-23)36-17-5-16-33-15-4-14-31-33;1-19(2)37-29(35)33-21-10-8-20(9-11-21)28-25(18-30)24-13-12-23(17-26(24)34(28)22-5-3-6-22)36-16-4-7-27-31-14-15-32-27;1-18(2)37-28(35)32-20-10-8-19(9-11-20)27-24(16-29)23-13-12-22(15-25(23)34(27)21-5-3-6-21)36-14-4-7-26-30-17-31-33-26;1-17(2)37-27(35)29-19-10-8-18(9-11-19)26-23(16-28)22-13-12-21(15-24(22)34(26)20-5-3-6-20)36-14-4-7-25-30-32-33-31-25/h4,8-15,18,20,23H,3,5-7,16-17H2,1-2H3,(H,32,35);8-15,17,19,22H,3-7,16H2,1-2H3,(H,31,32)(H,33,35);8-13,15,17-18,21H,3-7,14H2,1-2H3,(H,32,35)(H,30,31,33);8-13,15,17,20H,3-7,14H2,1-2H3,(H,29,35)(H,30,31,32,33). The molecule has 0 saturated heterocycles. The molecule has 0 unspecified atom stereocenters. The van der Waals surface area contributed by atoms with Gasteiger partial charge in [0.1, 0.15) is 65.3 Å². The van der Waals surface area contributed by atoms with Gasteiger partial charge in [0.05, 0.1) is 118 Å². The number of tetrazole rings is 1. The number of anilines is 4. The lowest BCUT2D eigenvalue weighted by Gasteiger charge is -2.30. The largest absolute Gasteiger partial charge is 0.494 e. The molecule has 8 aromatic heterocycles. The molecule has 16 aromatic rings. The molecule has 20 rings (SSSR count). The van der Waals surface area contributed by atoms with Crippen LogP contribution in [0.3, 0.4) is 0 Å². The summed E-state index contributed by atoms with van der Waals surface area (Å²) in [5, 5.41) is 80.3. The molecule has 4 fully saturated rings. The molecular weight excluding hydrogens is 1870 g/mol. The van der Waals surface area contributed by atoms with Gasteiger partial charge in [-0.2, -0.15) is 36.5 Å². The van der Waals surface area contributed by atoms with Gasteiger partial charge in [0.2, 0.25) is 0 Å². The van der Waals surface area contributed by atoms with Crippen LogP contribution >= 0.6 is 0 Å². The van der Waals surface area contributed by atoms with Crippen molar-refractivity contribution in [1.82, 2.24) is 73.8 Å². The fraction of sp³-hybridized carbons (Fsp3) is 0.354. The highest BCUT2D eigenvalue weighted by Crippen LogP contribution is 2.49. The van der Waals surface area contributed by atoms with Crippen LogP contribution in [0.25, 0.3) is 88.6 Å². The number of nitrogens with one attached hydrogen (secondary N) is 7. The number of aryl methyl sites for hydroxylation is 4. The molecule has 148 heavy (non-hydrogen) atoms. The summed E-state index contributed by atoms with van der Waals surface area (Å²) in [5.41, 5.74) is 16.5. The second-order valence-electron chi connectivity index (χ2n) is 38.1. The van der Waals surface area contributed by atoms with Crippen molar-refractivity contribution < 1.29 is 57.1 Å². The predicted octanol–water partition coefficient (Wildman–Crippen LogP) is 24.5. The van der Waals surface area contributed by atoms with Crippen LogP contribution in [-0.4, -0.2) is 149 Å². The number of imidazole rings is 1. The van der Waals surface area contributed by atoms with Gasteiger partial charge in [-0.15, -0.1) is 10.2 Å². The lowest BCUT2D eigenvalue weighted by molar-refractivity contribution is 0.129. The third kappa shape index (κ3) is 24.9. The molecule has 35 nitrogen and oxygen atoms in total. The van der Waals surface area contributed by atoms with E-state index in [1.54, 1.807) is 40.1 Å². The molecule has 4 aliphatic rings. The van der Waals surface area contributed by atoms with Gasteiger partial charge < -0.3 is 61.1 Å². The van der Waals surface area contributed by atoms with Gasteiger partial charge in [-0.3, -0.25) is 31.0 Å². The van der Waals surface area contributed by atoms with E-state index >= 15 is 0 Å². The number of ether oxygens (including phenoxy) is 8. The average Bonchev–Trinajstić information content (AvgIpc) is 1.60. The number of carbonyl (C=O) groups is 4. The smallest absolute Gasteiger partial charge is 0.411 e. The summed E-state index contributed by atoms with van der Waals surface area (Å²) in [6, 6.07) is 67.2. The highest BCUT2D eigenvalue weighted by atomic mass is 16.6. The van der Waals surface area contributed by atoms with Crippen molar-refractivity contribution in [2.45, 2.75) is 233 Å². The Kier molecular flexibility index (Phi) is 33.5. The van der Waals surface area contributed by atoms with Crippen LogP contribution in [-0.2, 0) is 44.8 Å². The number of aromatic amines is 3. The van der Waals surface area contributed by atoms with Gasteiger partial charge in [0.15, 0.2) is 5.82 Å². The van der Waals surface area contributed by atoms with Crippen molar-refractivity contribution in [3.05, 3.63) is 247 Å². The number of nitriles is 4. The number of benzene rings is 8. The molecule has 760 valence electrons. The fourth-order valence-corrected chi connectivity index (χ4v) is 18.7. The van der Waals surface area contributed by atoms with Crippen molar-refractivity contribution in [3.8, 4) is 92.3 Å². The number of amides is 4. The zero-order valence-electron chi connectivity index (χ0n) is 84.3. The predicted molar refractivity (Wildman–Crippen MR) is 564 cm³/mol. The minimum Gasteiger partial charge on any atom is -0.494 e. The van der Waals surface area contributed by atoms with E-state index in [4.69, 9.17) is 37.9 Å². The summed E-state index contributed by atoms with van der Waals surface area (Å²) in [5.74, 6) is 5.60. The molecule has 8 heterocycles. The number of fused-ring (bicyclic) bond motifs is 4. The minimum atomic E-state index is -0.492. The number of aromatic nitrogens is 15. The lowest BCUT2D eigenvalue weighted by atomic mass is 9.92. The Morgan fingerprint density at radius 3 is 0.986 bits per heavy atom. The summed E-state index contributed by atoms with van der Waals surface area (Å²) in [6.07, 6.45) is 24.9. The molecule has 0 atom stereocenters. The van der Waals surface area contributed by atoms with Crippen LogP contribution in [0, 0.1) is 45.3 Å². The van der Waals surface area contributed by atoms with E-state index in [0.29, 0.717) is 108 Å². The monoisotopic (exact) mass is 1990 g/mol. The number of carbonyl (C=O) groups excluding carboxylic acids is 4. The van der Waals surface area contributed by atoms with Crippen LogP contribution < -0.4 is 40.2 Å². The van der Waals surface area contributed by atoms with Crippen molar-refractivity contribution in [3.63, 3.8) is 0 Å². The molecular formula is C113H121N23O12. The van der Waals surface area contributed by atoms with Crippen molar-refractivity contribution in [2.24, 2.45) is 0 Å². The Labute approximate surface area is 857 Å². The Morgan fingerprint density at radius 1 is 0.399 bits per heavy atom. The number of H-pyrrole nitrogens is 3. The van der Waals surface area contributed by atoms with Crippen molar-refractivity contribution in [1.29, 1.82) is 21.0 Å². The quantitative estimate of drug-likeness (QED) is 0.0142. The number of hydrogen-bond donors (Lipinski definition) is 7. The fourth-order valence-electron chi connectivity index (χ4n) is 18.7. The van der Waals surface area contributed by atoms with Crippen molar-refractivity contribution >= 4 is 90.7 Å². The molecule has 35 heteroatoms. The van der Waals surface area contributed by atoms with Gasteiger partial charge in [-0.05, 0) is 277 Å². The van der Waals surface area contributed by atoms with Gasteiger partial charge in [0, 0.05) is 150 Å². The highest BCUT2D eigenvalue weighted by molar-refractivity contribution is 6.00. The Balaban J connectivity index is 0.000000135. The van der Waals surface area contributed by atoms with Crippen LogP contribution in [0.1, 0.15) is 222 Å². The SMILES string of the molecule is CC(C)OC(=O)Nc1ccc(-c2c(C#N)c3ccc(OCCCc4ncc[nH]4)cc3n2C2CCC2)cc1.CC(C)OC(=O)Nc1ccc(-c2c(C#N)c3ccc(OCCCc4ncn[nH]4)cc3n2C2CCC2)cc1.CC(C)OC(=O)Nc1ccc(-c2c(C#N)c3ccc(OCCCc4nn[nH]n4)cc3n2C2CCC2)cc1.CC(C)OC(=O)Nc1ccc(-c2c(C#N)c3ccc(OCCCn4cccn4)cc3n2C2CCC2)cc1. The number of hydrogen-bond acceptors (Lipinski definition) is 23. The van der Waals surface area contributed by atoms with E-state index < -0.39 is 24.4 Å². The topological polar surface area (TPSA) is 448 Å². The van der Waals surface area contributed by atoms with Crippen LogP contribution in [0.5, 0.6) is 23.0 Å². The van der Waals surface area contributed by atoms with Crippen LogP contribution in [0.15, 0.2) is 207 Å². The third-order valence-electron chi connectivity index (χ3n) is 26.3. The molecule has 0 radical (unpaired) electrons. The van der Waals surface area contributed by atoms with E-state index in [9.17, 15) is 40.2 Å². The summed E-state index contributed by atoms with van der Waals surface area (Å²) >= 11 is 0. The summed E-state index contributed by atoms with van der Waals surface area (Å²) < 4.78 is 56.0. The molecule has 4 aliphatic carbocycles. The number of rotatable bonds is 36. The molecule has 0 bridgehead atoms. The first-order chi connectivity index (χ1) is 72.1. The van der Waals surface area contributed by atoms with E-state index in [-0.39, 0.29) is 24.4 Å². The molecule has 8 aromatic carbocycles. The van der Waals surface area contributed by atoms with Crippen LogP contribution in [0.2, 0.25) is 0 Å². The van der Waals surface area contributed by atoms with Crippen LogP contribution in [0.4, 0.5) is 41.9 Å². The third-order valence-corrected chi connectivity index (χ3v) is 26.3. The average molecular weight is 1990 g/mol. The maximum absolute atomic E-state index is 12.0. The summed E-state index contributed by atoms with van der Waals surface area (Å²) in [4.78, 5) is 59.4. The first-order valence-corrected chi connectivity index (χ1v) is 50.8. The minimum absolute atomic E-state index is 0.194. The van der Waals surface area contributed by atoms with Gasteiger partial charge in [0.25, 0.3) is 0 Å². The van der Waals surface area contributed by atoms with E-state index in [0.717, 1.165) is 220 Å². The normalized spacial score (nSPS) is 13.4. The molecule has 0 aliphatic heterocycles. The zero-order valence-corrected chi connectivity index (χ0v) is 84.3. The molecule has 0 spiro atoms. The van der Waals surface area contributed by atoms with Crippen molar-refractivity contribution in [2.75, 3.05) is 47.7 Å². The second-order valence-corrected chi connectivity index (χ2v) is 38.1. The second kappa shape index (κ2) is 48.5. The van der Waals surface area contributed by atoms with Gasteiger partial charge >= 0.3 is 24.4 Å². The Bertz CT molecular complexity index is 6530. The molecule has 7 N–H and O–H groups in total. The van der Waals surface area contributed by atoms with Gasteiger partial charge in [-0.25, -0.2) is 29.1 Å². The maximum atomic E-state index is 12.0. The summed E-state index contributed by atoms with van der Waals surface area (Å²) in [7, 11) is 0.